The Balaban J connectivity index is 2.11. The third-order valence-corrected chi connectivity index (χ3v) is 9.56. The van der Waals surface area contributed by atoms with Gasteiger partial charge in [0.15, 0.2) is 0 Å². The average molecular weight is 639 g/mol. The molecule has 0 aliphatic carbocycles. The zero-order valence-corrected chi connectivity index (χ0v) is 26.5. The van der Waals surface area contributed by atoms with Gasteiger partial charge in [-0.1, -0.05) is 78.5 Å². The monoisotopic (exact) mass is 637 g/mol. The Bertz CT molecular complexity index is 1480. The minimum atomic E-state index is -4.21. The zero-order valence-electron chi connectivity index (χ0n) is 23.5. The smallest absolute Gasteiger partial charge is 0.264 e. The molecule has 0 heterocycles. The summed E-state index contributed by atoms with van der Waals surface area (Å²) in [6.07, 6.45) is 0.994. The van der Waals surface area contributed by atoms with Gasteiger partial charge < -0.3 is 10.2 Å². The summed E-state index contributed by atoms with van der Waals surface area (Å²) < 4.78 is 29.0. The first-order valence-corrected chi connectivity index (χ1v) is 15.8. The van der Waals surface area contributed by atoms with Crippen LogP contribution in [0.15, 0.2) is 65.6 Å². The quantitative estimate of drug-likeness (QED) is 0.237. The Morgan fingerprint density at radius 3 is 2.10 bits per heavy atom. The van der Waals surface area contributed by atoms with E-state index in [-0.39, 0.29) is 29.5 Å². The molecule has 0 bridgehead atoms. The van der Waals surface area contributed by atoms with Crippen LogP contribution in [0, 0.1) is 13.8 Å². The maximum atomic E-state index is 14.1. The number of halogens is 3. The van der Waals surface area contributed by atoms with Crippen molar-refractivity contribution in [2.75, 3.05) is 17.4 Å². The highest BCUT2D eigenvalue weighted by Crippen LogP contribution is 2.30. The lowest BCUT2D eigenvalue weighted by molar-refractivity contribution is -0.140. The zero-order chi connectivity index (χ0) is 30.3. The van der Waals surface area contributed by atoms with Gasteiger partial charge in [-0.15, -0.1) is 0 Å². The van der Waals surface area contributed by atoms with Gasteiger partial charge in [0.05, 0.1) is 10.6 Å². The van der Waals surface area contributed by atoms with Crippen molar-refractivity contribution in [2.24, 2.45) is 0 Å². The number of amides is 2. The maximum Gasteiger partial charge on any atom is 0.264 e. The van der Waals surface area contributed by atoms with Crippen molar-refractivity contribution in [3.05, 3.63) is 92.4 Å². The highest BCUT2D eigenvalue weighted by atomic mass is 35.5. The highest BCUT2D eigenvalue weighted by Gasteiger charge is 2.34. The van der Waals surface area contributed by atoms with Crippen molar-refractivity contribution in [3.8, 4) is 0 Å². The molecule has 3 aromatic rings. The first-order valence-electron chi connectivity index (χ1n) is 13.3. The standard InChI is InChI=1S/C30H34Cl3N3O4S/c1-5-16-34-30(38)28(6-2)35(18-24-25(31)8-7-9-26(24)32)29(37)19-36(22-13-12-21(4)27(33)17-22)41(39,40)23-14-10-20(3)11-15-23/h7-15,17,28H,5-6,16,18-19H2,1-4H3,(H,34,38). The maximum absolute atomic E-state index is 14.1. The number of benzene rings is 3. The minimum absolute atomic E-state index is 0.0148. The van der Waals surface area contributed by atoms with Crippen molar-refractivity contribution in [1.29, 1.82) is 0 Å². The Morgan fingerprint density at radius 1 is 0.902 bits per heavy atom. The van der Waals surface area contributed by atoms with Crippen molar-refractivity contribution >= 4 is 62.3 Å². The van der Waals surface area contributed by atoms with Crippen molar-refractivity contribution < 1.29 is 18.0 Å². The Labute approximate surface area is 257 Å². The summed E-state index contributed by atoms with van der Waals surface area (Å²) >= 11 is 19.3. The van der Waals surface area contributed by atoms with Gasteiger partial charge in [-0.25, -0.2) is 8.42 Å². The Morgan fingerprint density at radius 2 is 1.54 bits per heavy atom. The fourth-order valence-electron chi connectivity index (χ4n) is 4.24. The van der Waals surface area contributed by atoms with E-state index in [1.165, 1.54) is 23.1 Å². The predicted octanol–water partition coefficient (Wildman–Crippen LogP) is 6.79. The Hall–Kier alpha value is -2.78. The fourth-order valence-corrected chi connectivity index (χ4v) is 6.34. The summed E-state index contributed by atoms with van der Waals surface area (Å²) in [4.78, 5) is 28.7. The van der Waals surface area contributed by atoms with Gasteiger partial charge in [-0.2, -0.15) is 0 Å². The van der Waals surface area contributed by atoms with Crippen molar-refractivity contribution in [1.82, 2.24) is 10.2 Å². The first-order chi connectivity index (χ1) is 19.4. The number of rotatable bonds is 12. The van der Waals surface area contributed by atoms with E-state index in [9.17, 15) is 18.0 Å². The second-order valence-electron chi connectivity index (χ2n) is 9.70. The van der Waals surface area contributed by atoms with Gasteiger partial charge in [-0.3, -0.25) is 13.9 Å². The summed E-state index contributed by atoms with van der Waals surface area (Å²) in [6.45, 7) is 7.10. The number of carbonyl (C=O) groups excluding carboxylic acids is 2. The minimum Gasteiger partial charge on any atom is -0.354 e. The Kier molecular flexibility index (Phi) is 11.5. The van der Waals surface area contributed by atoms with E-state index in [4.69, 9.17) is 34.8 Å². The summed E-state index contributed by atoms with van der Waals surface area (Å²) in [6, 6.07) is 15.2. The number of anilines is 1. The van der Waals surface area contributed by atoms with Crippen LogP contribution in [0.4, 0.5) is 5.69 Å². The second-order valence-corrected chi connectivity index (χ2v) is 12.8. The number of hydrogen-bond acceptors (Lipinski definition) is 4. The van der Waals surface area contributed by atoms with Crippen molar-refractivity contribution in [3.63, 3.8) is 0 Å². The van der Waals surface area contributed by atoms with Crippen LogP contribution in [0.1, 0.15) is 43.4 Å². The first kappa shape index (κ1) is 32.7. The molecule has 220 valence electrons. The van der Waals surface area contributed by atoms with Crippen LogP contribution in [0.25, 0.3) is 0 Å². The van der Waals surface area contributed by atoms with Gasteiger partial charge in [0.25, 0.3) is 10.0 Å². The molecule has 2 amide bonds. The largest absolute Gasteiger partial charge is 0.354 e. The molecular formula is C30H34Cl3N3O4S. The van der Waals surface area contributed by atoms with Gasteiger partial charge in [0.1, 0.15) is 12.6 Å². The van der Waals surface area contributed by atoms with Crippen LogP contribution in [0.5, 0.6) is 0 Å². The molecular weight excluding hydrogens is 605 g/mol. The van der Waals surface area contributed by atoms with E-state index in [1.54, 1.807) is 56.3 Å². The summed E-state index contributed by atoms with van der Waals surface area (Å²) in [7, 11) is -4.21. The molecule has 3 rings (SSSR count). The van der Waals surface area contributed by atoms with Crippen LogP contribution < -0.4 is 9.62 Å². The molecule has 41 heavy (non-hydrogen) atoms. The normalized spacial score (nSPS) is 12.1. The van der Waals surface area contributed by atoms with Crippen LogP contribution in [0.3, 0.4) is 0 Å². The number of nitrogens with one attached hydrogen (secondary N) is 1. The van der Waals surface area contributed by atoms with E-state index >= 15 is 0 Å². The molecule has 0 aliphatic heterocycles. The van der Waals surface area contributed by atoms with Gasteiger partial charge in [-0.05, 0) is 68.7 Å². The SMILES string of the molecule is CCCNC(=O)C(CC)N(Cc1c(Cl)cccc1Cl)C(=O)CN(c1ccc(C)c(Cl)c1)S(=O)(=O)c1ccc(C)cc1. The molecule has 0 fully saturated rings. The number of nitrogens with zero attached hydrogens (tertiary/aromatic N) is 2. The molecule has 0 aliphatic rings. The van der Waals surface area contributed by atoms with E-state index < -0.39 is 28.5 Å². The van der Waals surface area contributed by atoms with Crippen LogP contribution in [-0.4, -0.2) is 44.3 Å². The fraction of sp³-hybridized carbons (Fsp3) is 0.333. The lowest BCUT2D eigenvalue weighted by Gasteiger charge is -2.33. The van der Waals surface area contributed by atoms with E-state index in [1.807, 2.05) is 13.8 Å². The number of aryl methyl sites for hydroxylation is 2. The molecule has 11 heteroatoms. The molecule has 1 unspecified atom stereocenters. The molecule has 7 nitrogen and oxygen atoms in total. The van der Waals surface area contributed by atoms with Gasteiger partial charge in [0.2, 0.25) is 11.8 Å². The molecule has 0 saturated carbocycles. The highest BCUT2D eigenvalue weighted by molar-refractivity contribution is 7.92. The molecule has 0 aromatic heterocycles. The summed E-state index contributed by atoms with van der Waals surface area (Å²) in [5.41, 5.74) is 2.31. The topological polar surface area (TPSA) is 86.8 Å². The van der Waals surface area contributed by atoms with E-state index in [0.29, 0.717) is 33.6 Å². The molecule has 1 N–H and O–H groups in total. The lowest BCUT2D eigenvalue weighted by atomic mass is 10.1. The third-order valence-electron chi connectivity index (χ3n) is 6.66. The molecule has 3 aromatic carbocycles. The van der Waals surface area contributed by atoms with Crippen molar-refractivity contribution in [2.45, 2.75) is 58.0 Å². The van der Waals surface area contributed by atoms with Crippen LogP contribution >= 0.6 is 34.8 Å². The second kappa shape index (κ2) is 14.4. The molecule has 1 atom stereocenters. The van der Waals surface area contributed by atoms with Gasteiger partial charge in [0, 0.05) is 33.7 Å². The molecule has 0 saturated heterocycles. The molecule has 0 radical (unpaired) electrons. The number of sulfonamides is 1. The van der Waals surface area contributed by atoms with Gasteiger partial charge >= 0.3 is 0 Å². The summed E-state index contributed by atoms with van der Waals surface area (Å²) in [5, 5.41) is 3.85. The van der Waals surface area contributed by atoms with Crippen LogP contribution in [-0.2, 0) is 26.2 Å². The number of hydrogen-bond donors (Lipinski definition) is 1. The lowest BCUT2D eigenvalue weighted by Crippen LogP contribution is -2.52. The summed E-state index contributed by atoms with van der Waals surface area (Å²) in [5.74, 6) is -0.955. The molecule has 0 spiro atoms. The third kappa shape index (κ3) is 7.95. The predicted molar refractivity (Wildman–Crippen MR) is 166 cm³/mol. The number of carbonyl (C=O) groups is 2. The van der Waals surface area contributed by atoms with Crippen LogP contribution in [0.2, 0.25) is 15.1 Å². The average Bonchev–Trinajstić information content (AvgIpc) is 2.93. The van der Waals surface area contributed by atoms with E-state index in [0.717, 1.165) is 15.4 Å². The van der Waals surface area contributed by atoms with E-state index in [2.05, 4.69) is 5.32 Å².